The first-order chi connectivity index (χ1) is 9.26. The molecule has 20 heavy (non-hydrogen) atoms. The lowest BCUT2D eigenvalue weighted by atomic mass is 10.1. The summed E-state index contributed by atoms with van der Waals surface area (Å²) in [5.41, 5.74) is -0.551. The molecular formula is C15H26N2O3. The third kappa shape index (κ3) is 4.69. The molecule has 0 aromatic heterocycles. The molecule has 1 unspecified atom stereocenters. The van der Waals surface area contributed by atoms with Gasteiger partial charge in [-0.25, -0.2) is 4.79 Å². The van der Waals surface area contributed by atoms with E-state index in [0.29, 0.717) is 17.9 Å². The van der Waals surface area contributed by atoms with Gasteiger partial charge in [-0.1, -0.05) is 0 Å². The smallest absolute Gasteiger partial charge is 0.408 e. The van der Waals surface area contributed by atoms with Crippen molar-refractivity contribution < 1.29 is 14.3 Å². The van der Waals surface area contributed by atoms with E-state index in [-0.39, 0.29) is 5.91 Å². The second kappa shape index (κ2) is 5.62. The molecule has 0 spiro atoms. The second-order valence-electron chi connectivity index (χ2n) is 7.08. The summed E-state index contributed by atoms with van der Waals surface area (Å²) >= 11 is 0. The number of ether oxygens (including phenoxy) is 1. The predicted molar refractivity (Wildman–Crippen MR) is 76.2 cm³/mol. The highest BCUT2D eigenvalue weighted by atomic mass is 16.6. The van der Waals surface area contributed by atoms with Crippen molar-refractivity contribution >= 4 is 12.0 Å². The van der Waals surface area contributed by atoms with Gasteiger partial charge in [0.15, 0.2) is 0 Å². The molecule has 2 saturated carbocycles. The van der Waals surface area contributed by atoms with Gasteiger partial charge in [-0.2, -0.15) is 0 Å². The summed E-state index contributed by atoms with van der Waals surface area (Å²) in [4.78, 5) is 23.8. The maximum Gasteiger partial charge on any atom is 0.408 e. The largest absolute Gasteiger partial charge is 0.444 e. The average Bonchev–Trinajstić information content (AvgIpc) is 3.13. The normalized spacial score (nSPS) is 20.4. The Bertz CT molecular complexity index is 369. The Labute approximate surface area is 120 Å². The molecule has 0 heterocycles. The molecule has 0 aromatic carbocycles. The van der Waals surface area contributed by atoms with Crippen LogP contribution < -0.4 is 10.6 Å². The zero-order valence-electron chi connectivity index (χ0n) is 12.9. The standard InChI is InChI=1S/C15H26N2O3/c1-9(16-14(19)20-15(2,3)4)13(18)17-12(10-5-6-10)11-7-8-11/h9-12H,5-8H2,1-4H3,(H,16,19)(H,17,18). The molecule has 2 amide bonds. The summed E-state index contributed by atoms with van der Waals surface area (Å²) in [6.45, 7) is 7.09. The fourth-order valence-electron chi connectivity index (χ4n) is 2.37. The molecule has 1 atom stereocenters. The van der Waals surface area contributed by atoms with E-state index in [9.17, 15) is 9.59 Å². The minimum Gasteiger partial charge on any atom is -0.444 e. The van der Waals surface area contributed by atoms with Crippen LogP contribution in [0.25, 0.3) is 0 Å². The van der Waals surface area contributed by atoms with E-state index in [2.05, 4.69) is 10.6 Å². The van der Waals surface area contributed by atoms with Crippen LogP contribution in [0, 0.1) is 11.8 Å². The Hall–Kier alpha value is -1.26. The maximum absolute atomic E-state index is 12.1. The van der Waals surface area contributed by atoms with Crippen molar-refractivity contribution in [3.05, 3.63) is 0 Å². The predicted octanol–water partition coefficient (Wildman–Crippen LogP) is 2.20. The van der Waals surface area contributed by atoms with E-state index < -0.39 is 17.7 Å². The van der Waals surface area contributed by atoms with Crippen molar-refractivity contribution in [1.82, 2.24) is 10.6 Å². The van der Waals surface area contributed by atoms with Crippen molar-refractivity contribution in [2.24, 2.45) is 11.8 Å². The number of hydrogen-bond donors (Lipinski definition) is 2. The first kappa shape index (κ1) is 15.1. The lowest BCUT2D eigenvalue weighted by Crippen LogP contribution is -2.50. The molecule has 0 aromatic rings. The van der Waals surface area contributed by atoms with Gasteiger partial charge in [0.2, 0.25) is 5.91 Å². The highest BCUT2D eigenvalue weighted by molar-refractivity contribution is 5.85. The minimum atomic E-state index is -0.565. The van der Waals surface area contributed by atoms with Gasteiger partial charge in [0, 0.05) is 6.04 Å². The third-order valence-corrected chi connectivity index (χ3v) is 3.70. The Morgan fingerprint density at radius 2 is 1.55 bits per heavy atom. The zero-order valence-corrected chi connectivity index (χ0v) is 12.9. The van der Waals surface area contributed by atoms with Gasteiger partial charge >= 0.3 is 6.09 Å². The van der Waals surface area contributed by atoms with E-state index in [1.165, 1.54) is 25.7 Å². The number of nitrogens with one attached hydrogen (secondary N) is 2. The van der Waals surface area contributed by atoms with Crippen molar-refractivity contribution in [2.45, 2.75) is 71.1 Å². The van der Waals surface area contributed by atoms with Crippen LogP contribution >= 0.6 is 0 Å². The first-order valence-electron chi connectivity index (χ1n) is 7.56. The maximum atomic E-state index is 12.1. The first-order valence-corrected chi connectivity index (χ1v) is 7.56. The topological polar surface area (TPSA) is 67.4 Å². The van der Waals surface area contributed by atoms with E-state index in [4.69, 9.17) is 4.74 Å². The molecular weight excluding hydrogens is 256 g/mol. The number of rotatable bonds is 5. The van der Waals surface area contributed by atoms with Gasteiger partial charge in [0.05, 0.1) is 0 Å². The summed E-state index contributed by atoms with van der Waals surface area (Å²) in [7, 11) is 0. The highest BCUT2D eigenvalue weighted by Crippen LogP contribution is 2.44. The molecule has 2 rings (SSSR count). The quantitative estimate of drug-likeness (QED) is 0.812. The fraction of sp³-hybridized carbons (Fsp3) is 0.867. The number of carbonyl (C=O) groups is 2. The minimum absolute atomic E-state index is 0.111. The summed E-state index contributed by atoms with van der Waals surface area (Å²) in [6, 6.07) is -0.254. The molecule has 5 nitrogen and oxygen atoms in total. The van der Waals surface area contributed by atoms with Crippen LogP contribution in [0.2, 0.25) is 0 Å². The molecule has 2 fully saturated rings. The van der Waals surface area contributed by atoms with Crippen LogP contribution in [0.5, 0.6) is 0 Å². The number of amides is 2. The van der Waals surface area contributed by atoms with Crippen LogP contribution in [-0.4, -0.2) is 29.7 Å². The lowest BCUT2D eigenvalue weighted by molar-refractivity contribution is -0.123. The molecule has 0 saturated heterocycles. The summed E-state index contributed by atoms with van der Waals surface area (Å²) in [5.74, 6) is 1.19. The van der Waals surface area contributed by atoms with Crippen LogP contribution in [0.4, 0.5) is 4.79 Å². The Morgan fingerprint density at radius 1 is 1.05 bits per heavy atom. The van der Waals surface area contributed by atoms with Gasteiger partial charge in [-0.05, 0) is 65.2 Å². The average molecular weight is 282 g/mol. The highest BCUT2D eigenvalue weighted by Gasteiger charge is 2.42. The van der Waals surface area contributed by atoms with Crippen molar-refractivity contribution in [2.75, 3.05) is 0 Å². The third-order valence-electron chi connectivity index (χ3n) is 3.70. The van der Waals surface area contributed by atoms with Crippen molar-refractivity contribution in [1.29, 1.82) is 0 Å². The molecule has 5 heteroatoms. The molecule has 0 aliphatic heterocycles. The Morgan fingerprint density at radius 3 is 1.95 bits per heavy atom. The van der Waals surface area contributed by atoms with Gasteiger partial charge in [-0.3, -0.25) is 4.79 Å². The lowest BCUT2D eigenvalue weighted by Gasteiger charge is -2.23. The second-order valence-corrected chi connectivity index (χ2v) is 7.08. The van der Waals surface area contributed by atoms with Crippen molar-refractivity contribution in [3.63, 3.8) is 0 Å². The van der Waals surface area contributed by atoms with E-state index in [0.717, 1.165) is 0 Å². The summed E-state index contributed by atoms with van der Waals surface area (Å²) in [5, 5.41) is 5.69. The zero-order chi connectivity index (χ0) is 14.9. The Kier molecular flexibility index (Phi) is 4.25. The monoisotopic (exact) mass is 282 g/mol. The van der Waals surface area contributed by atoms with E-state index in [1.54, 1.807) is 27.7 Å². The number of carbonyl (C=O) groups excluding carboxylic acids is 2. The van der Waals surface area contributed by atoms with Crippen LogP contribution in [-0.2, 0) is 9.53 Å². The van der Waals surface area contributed by atoms with Gasteiger partial charge < -0.3 is 15.4 Å². The summed E-state index contributed by atoms with van der Waals surface area (Å²) < 4.78 is 5.15. The van der Waals surface area contributed by atoms with Gasteiger partial charge in [0.25, 0.3) is 0 Å². The number of alkyl carbamates (subject to hydrolysis) is 1. The fourth-order valence-corrected chi connectivity index (χ4v) is 2.37. The molecule has 2 aliphatic rings. The molecule has 2 N–H and O–H groups in total. The van der Waals surface area contributed by atoms with E-state index in [1.807, 2.05) is 0 Å². The van der Waals surface area contributed by atoms with Gasteiger partial charge in [0.1, 0.15) is 11.6 Å². The molecule has 114 valence electrons. The Balaban J connectivity index is 1.77. The van der Waals surface area contributed by atoms with Crippen LogP contribution in [0.3, 0.4) is 0 Å². The van der Waals surface area contributed by atoms with Crippen LogP contribution in [0.15, 0.2) is 0 Å². The van der Waals surface area contributed by atoms with E-state index >= 15 is 0 Å². The van der Waals surface area contributed by atoms with Gasteiger partial charge in [-0.15, -0.1) is 0 Å². The number of hydrogen-bond acceptors (Lipinski definition) is 3. The molecule has 0 radical (unpaired) electrons. The summed E-state index contributed by atoms with van der Waals surface area (Å²) in [6.07, 6.45) is 4.32. The van der Waals surface area contributed by atoms with Crippen molar-refractivity contribution in [3.8, 4) is 0 Å². The SMILES string of the molecule is CC(NC(=O)OC(C)(C)C)C(=O)NC(C1CC1)C1CC1. The molecule has 0 bridgehead atoms. The van der Waals surface area contributed by atoms with Crippen LogP contribution in [0.1, 0.15) is 53.4 Å². The molecule has 2 aliphatic carbocycles.